The number of likely N-dealkylation sites (tertiary alicyclic amines) is 1. The molecule has 22 heavy (non-hydrogen) atoms. The Morgan fingerprint density at radius 1 is 1.32 bits per heavy atom. The van der Waals surface area contributed by atoms with E-state index in [1.54, 1.807) is 19.4 Å². The molecule has 1 amide bonds. The number of benzene rings is 1. The Hall–Kier alpha value is -2.07. The minimum atomic E-state index is 0.0340. The fraction of sp³-hybridized carbons (Fsp3) is 0.389. The van der Waals surface area contributed by atoms with Gasteiger partial charge in [0.25, 0.3) is 5.91 Å². The van der Waals surface area contributed by atoms with E-state index in [0.717, 1.165) is 19.4 Å². The topological polar surface area (TPSA) is 42.7 Å². The van der Waals surface area contributed by atoms with Crippen molar-refractivity contribution in [2.75, 3.05) is 13.7 Å². The number of methoxy groups -OCH3 is 1. The zero-order valence-electron chi connectivity index (χ0n) is 13.0. The molecular weight excluding hydrogens is 278 g/mol. The molecule has 0 N–H and O–H groups in total. The molecule has 1 aliphatic rings. The highest BCUT2D eigenvalue weighted by atomic mass is 16.5. The summed E-state index contributed by atoms with van der Waals surface area (Å²) in [7, 11) is 1.72. The first-order valence-corrected chi connectivity index (χ1v) is 7.62. The maximum atomic E-state index is 12.8. The standard InChI is InChI=1S/C18H21NO3/c1-13-15(9-11-22-13)18(20)19-10-8-17(21-2)16(19)12-14-6-4-3-5-7-14/h3-7,9,11,16-17H,8,10,12H2,1-2H3/t16-,17-/m0/s1. The van der Waals surface area contributed by atoms with Gasteiger partial charge in [-0.2, -0.15) is 0 Å². The molecule has 2 atom stereocenters. The molecule has 0 saturated carbocycles. The fourth-order valence-corrected chi connectivity index (χ4v) is 3.21. The predicted molar refractivity (Wildman–Crippen MR) is 83.8 cm³/mol. The van der Waals surface area contributed by atoms with Crippen molar-refractivity contribution < 1.29 is 13.9 Å². The van der Waals surface area contributed by atoms with E-state index in [1.165, 1.54) is 5.56 Å². The highest BCUT2D eigenvalue weighted by Crippen LogP contribution is 2.26. The van der Waals surface area contributed by atoms with Gasteiger partial charge in [0, 0.05) is 13.7 Å². The van der Waals surface area contributed by atoms with Crippen LogP contribution in [0.15, 0.2) is 47.1 Å². The van der Waals surface area contributed by atoms with E-state index in [9.17, 15) is 4.79 Å². The van der Waals surface area contributed by atoms with Crippen LogP contribution in [0, 0.1) is 6.92 Å². The van der Waals surface area contributed by atoms with E-state index in [2.05, 4.69) is 12.1 Å². The molecule has 4 heteroatoms. The van der Waals surface area contributed by atoms with Gasteiger partial charge in [0.15, 0.2) is 0 Å². The van der Waals surface area contributed by atoms with E-state index in [0.29, 0.717) is 11.3 Å². The molecule has 4 nitrogen and oxygen atoms in total. The van der Waals surface area contributed by atoms with Gasteiger partial charge in [-0.15, -0.1) is 0 Å². The summed E-state index contributed by atoms with van der Waals surface area (Å²) in [6, 6.07) is 12.1. The Morgan fingerprint density at radius 3 is 2.73 bits per heavy atom. The van der Waals surface area contributed by atoms with Crippen LogP contribution in [0.3, 0.4) is 0 Å². The first-order valence-electron chi connectivity index (χ1n) is 7.62. The van der Waals surface area contributed by atoms with Gasteiger partial charge in [-0.1, -0.05) is 30.3 Å². The number of ether oxygens (including phenoxy) is 1. The number of nitrogens with zero attached hydrogens (tertiary/aromatic N) is 1. The van der Waals surface area contributed by atoms with Crippen molar-refractivity contribution in [2.45, 2.75) is 31.9 Å². The molecule has 2 aromatic rings. The van der Waals surface area contributed by atoms with Crippen molar-refractivity contribution in [3.05, 3.63) is 59.5 Å². The van der Waals surface area contributed by atoms with E-state index in [1.807, 2.05) is 30.0 Å². The summed E-state index contributed by atoms with van der Waals surface area (Å²) in [4.78, 5) is 14.7. The molecule has 0 unspecified atom stereocenters. The Labute approximate surface area is 130 Å². The summed E-state index contributed by atoms with van der Waals surface area (Å²) >= 11 is 0. The van der Waals surface area contributed by atoms with Gasteiger partial charge in [0.2, 0.25) is 0 Å². The van der Waals surface area contributed by atoms with Crippen LogP contribution < -0.4 is 0 Å². The Morgan fingerprint density at radius 2 is 2.09 bits per heavy atom. The Bertz CT molecular complexity index is 635. The lowest BCUT2D eigenvalue weighted by molar-refractivity contribution is 0.0507. The predicted octanol–water partition coefficient (Wildman–Crippen LogP) is 3.06. The average Bonchev–Trinajstić information content (AvgIpc) is 3.14. The van der Waals surface area contributed by atoms with E-state index < -0.39 is 0 Å². The fourth-order valence-electron chi connectivity index (χ4n) is 3.21. The number of furan rings is 1. The molecule has 1 fully saturated rings. The van der Waals surface area contributed by atoms with Crippen molar-refractivity contribution in [1.82, 2.24) is 4.90 Å². The molecule has 116 valence electrons. The molecule has 1 aliphatic heterocycles. The summed E-state index contributed by atoms with van der Waals surface area (Å²) in [5.41, 5.74) is 1.87. The second-order valence-electron chi connectivity index (χ2n) is 5.71. The monoisotopic (exact) mass is 299 g/mol. The summed E-state index contributed by atoms with van der Waals surface area (Å²) in [6.07, 6.45) is 3.33. The number of carbonyl (C=O) groups is 1. The normalized spacial score (nSPS) is 21.3. The molecule has 0 radical (unpaired) electrons. The van der Waals surface area contributed by atoms with Crippen LogP contribution in [0.25, 0.3) is 0 Å². The minimum absolute atomic E-state index is 0.0340. The number of amides is 1. The zero-order valence-corrected chi connectivity index (χ0v) is 13.0. The Balaban J connectivity index is 1.83. The highest BCUT2D eigenvalue weighted by Gasteiger charge is 2.38. The number of rotatable bonds is 4. The third-order valence-electron chi connectivity index (χ3n) is 4.42. The van der Waals surface area contributed by atoms with Crippen LogP contribution in [-0.2, 0) is 11.2 Å². The van der Waals surface area contributed by atoms with Gasteiger partial charge in [-0.05, 0) is 31.4 Å². The van der Waals surface area contributed by atoms with Crippen LogP contribution in [0.2, 0.25) is 0 Å². The second-order valence-corrected chi connectivity index (χ2v) is 5.71. The van der Waals surface area contributed by atoms with Gasteiger partial charge < -0.3 is 14.1 Å². The third kappa shape index (κ3) is 2.79. The second kappa shape index (κ2) is 6.36. The Kier molecular flexibility index (Phi) is 4.29. The van der Waals surface area contributed by atoms with E-state index in [-0.39, 0.29) is 18.1 Å². The van der Waals surface area contributed by atoms with Crippen LogP contribution in [0.5, 0.6) is 0 Å². The quantitative estimate of drug-likeness (QED) is 0.871. The largest absolute Gasteiger partial charge is 0.469 e. The molecule has 1 aromatic carbocycles. The lowest BCUT2D eigenvalue weighted by Gasteiger charge is -2.27. The lowest BCUT2D eigenvalue weighted by atomic mass is 10.0. The molecule has 3 rings (SSSR count). The highest BCUT2D eigenvalue weighted by molar-refractivity contribution is 5.95. The third-order valence-corrected chi connectivity index (χ3v) is 4.42. The minimum Gasteiger partial charge on any atom is -0.469 e. The van der Waals surface area contributed by atoms with Gasteiger partial charge >= 0.3 is 0 Å². The molecule has 1 aromatic heterocycles. The van der Waals surface area contributed by atoms with Gasteiger partial charge in [0.05, 0.1) is 24.0 Å². The van der Waals surface area contributed by atoms with Crippen molar-refractivity contribution in [2.24, 2.45) is 0 Å². The van der Waals surface area contributed by atoms with Crippen molar-refractivity contribution in [3.63, 3.8) is 0 Å². The average molecular weight is 299 g/mol. The number of aryl methyl sites for hydroxylation is 1. The van der Waals surface area contributed by atoms with Gasteiger partial charge in [-0.25, -0.2) is 0 Å². The summed E-state index contributed by atoms with van der Waals surface area (Å²) in [5, 5.41) is 0. The summed E-state index contributed by atoms with van der Waals surface area (Å²) in [6.45, 7) is 2.54. The molecule has 1 saturated heterocycles. The smallest absolute Gasteiger partial charge is 0.257 e. The molecule has 0 bridgehead atoms. The molecule has 0 aliphatic carbocycles. The van der Waals surface area contributed by atoms with E-state index in [4.69, 9.17) is 9.15 Å². The van der Waals surface area contributed by atoms with Gasteiger partial charge in [0.1, 0.15) is 5.76 Å². The molecule has 2 heterocycles. The molecular formula is C18H21NO3. The summed E-state index contributed by atoms with van der Waals surface area (Å²) in [5.74, 6) is 0.705. The van der Waals surface area contributed by atoms with Crippen LogP contribution in [-0.4, -0.2) is 36.6 Å². The van der Waals surface area contributed by atoms with Crippen molar-refractivity contribution in [1.29, 1.82) is 0 Å². The maximum absolute atomic E-state index is 12.8. The number of hydrogen-bond acceptors (Lipinski definition) is 3. The lowest BCUT2D eigenvalue weighted by Crippen LogP contribution is -2.41. The van der Waals surface area contributed by atoms with Crippen LogP contribution in [0.4, 0.5) is 0 Å². The summed E-state index contributed by atoms with van der Waals surface area (Å²) < 4.78 is 10.9. The number of carbonyl (C=O) groups excluding carboxylic acids is 1. The zero-order chi connectivity index (χ0) is 15.5. The molecule has 0 spiro atoms. The van der Waals surface area contributed by atoms with Crippen molar-refractivity contribution >= 4 is 5.91 Å². The SMILES string of the molecule is CO[C@H]1CCN(C(=O)c2ccoc2C)[C@H]1Cc1ccccc1. The first kappa shape index (κ1) is 14.9. The maximum Gasteiger partial charge on any atom is 0.257 e. The van der Waals surface area contributed by atoms with E-state index >= 15 is 0 Å². The first-order chi connectivity index (χ1) is 10.7. The van der Waals surface area contributed by atoms with Crippen LogP contribution >= 0.6 is 0 Å². The van der Waals surface area contributed by atoms with Crippen molar-refractivity contribution in [3.8, 4) is 0 Å². The number of hydrogen-bond donors (Lipinski definition) is 0. The van der Waals surface area contributed by atoms with Gasteiger partial charge in [-0.3, -0.25) is 4.79 Å². The van der Waals surface area contributed by atoms with Crippen LogP contribution in [0.1, 0.15) is 28.1 Å².